The zero-order valence-electron chi connectivity index (χ0n) is 18.4. The van der Waals surface area contributed by atoms with E-state index in [1.165, 1.54) is 69.5 Å². The molecule has 1 unspecified atom stereocenters. The van der Waals surface area contributed by atoms with Gasteiger partial charge >= 0.3 is 5.97 Å². The van der Waals surface area contributed by atoms with Gasteiger partial charge in [0.2, 0.25) is 0 Å². The zero-order valence-corrected chi connectivity index (χ0v) is 20.0. The van der Waals surface area contributed by atoms with E-state index in [0.29, 0.717) is 10.0 Å². The monoisotopic (exact) mass is 449 g/mol. The number of carboxylic acid groups (broad SMARTS) is 1. The number of carboxylic acids is 1. The van der Waals surface area contributed by atoms with Gasteiger partial charge in [-0.15, -0.1) is 0 Å². The summed E-state index contributed by atoms with van der Waals surface area (Å²) in [5, 5.41) is 18.3. The summed E-state index contributed by atoms with van der Waals surface area (Å²) in [6.45, 7) is 3.96. The Hall–Kier alpha value is -1.52. The molecular weight excluding hydrogens is 414 g/mol. The van der Waals surface area contributed by atoms with E-state index in [-0.39, 0.29) is 12.8 Å². The highest BCUT2D eigenvalue weighted by molar-refractivity contribution is 8.24. The molecule has 0 amide bonds. The van der Waals surface area contributed by atoms with Crippen LogP contribution in [0.2, 0.25) is 0 Å². The lowest BCUT2D eigenvalue weighted by atomic mass is 10.1. The summed E-state index contributed by atoms with van der Waals surface area (Å²) in [5.74, 6) is -0.464. The van der Waals surface area contributed by atoms with E-state index in [4.69, 9.17) is 17.3 Å². The van der Waals surface area contributed by atoms with Crippen molar-refractivity contribution in [1.29, 1.82) is 5.26 Å². The van der Waals surface area contributed by atoms with Gasteiger partial charge in [0.1, 0.15) is 8.94 Å². The molecule has 166 valence electrons. The maximum Gasteiger partial charge on any atom is 0.303 e. The summed E-state index contributed by atoms with van der Waals surface area (Å²) < 4.78 is -0.458. The topological polar surface area (TPSA) is 86.9 Å². The maximum absolute atomic E-state index is 10.8. The number of hydrogen-bond acceptors (Lipinski definition) is 6. The Morgan fingerprint density at radius 2 is 1.77 bits per heavy atom. The molecule has 0 saturated carbocycles. The predicted molar refractivity (Wildman–Crippen MR) is 128 cm³/mol. The van der Waals surface area contributed by atoms with Crippen molar-refractivity contribution >= 4 is 34.1 Å². The second-order valence-electron chi connectivity index (χ2n) is 7.93. The summed E-state index contributed by atoms with van der Waals surface area (Å²) in [4.78, 5) is 19.6. The van der Waals surface area contributed by atoms with Gasteiger partial charge in [-0.1, -0.05) is 88.7 Å². The van der Waals surface area contributed by atoms with Gasteiger partial charge < -0.3 is 5.11 Å². The van der Waals surface area contributed by atoms with Crippen LogP contribution in [0.4, 0.5) is 0 Å². The zero-order chi connectivity index (χ0) is 22.2. The SMILES string of the molecule is CCCCCCCCCCCCc1ccnc(C(=S)SC(C)(C#N)CCC(=O)O)n1. The van der Waals surface area contributed by atoms with E-state index >= 15 is 0 Å². The molecule has 0 aromatic carbocycles. The van der Waals surface area contributed by atoms with E-state index in [2.05, 4.69) is 23.0 Å². The fraction of sp³-hybridized carbons (Fsp3) is 0.696. The number of nitriles is 1. The average molecular weight is 450 g/mol. The maximum atomic E-state index is 10.8. The highest BCUT2D eigenvalue weighted by Gasteiger charge is 2.28. The van der Waals surface area contributed by atoms with Gasteiger partial charge in [-0.25, -0.2) is 9.97 Å². The van der Waals surface area contributed by atoms with Gasteiger partial charge in [0.15, 0.2) is 5.82 Å². The van der Waals surface area contributed by atoms with Crippen molar-refractivity contribution in [2.75, 3.05) is 0 Å². The van der Waals surface area contributed by atoms with Crippen LogP contribution in [-0.2, 0) is 11.2 Å². The number of thiocarbonyl (C=S) groups is 1. The number of nitrogens with zero attached hydrogens (tertiary/aromatic N) is 3. The summed E-state index contributed by atoms with van der Waals surface area (Å²) in [6.07, 6.45) is 15.8. The molecule has 0 fully saturated rings. The van der Waals surface area contributed by atoms with Gasteiger partial charge in [0.25, 0.3) is 0 Å². The van der Waals surface area contributed by atoms with Crippen LogP contribution in [-0.4, -0.2) is 30.0 Å². The van der Waals surface area contributed by atoms with Crippen molar-refractivity contribution < 1.29 is 9.90 Å². The van der Waals surface area contributed by atoms with Crippen LogP contribution in [0.5, 0.6) is 0 Å². The number of thioether (sulfide) groups is 1. The molecule has 1 N–H and O–H groups in total. The first-order chi connectivity index (χ1) is 14.4. The third-order valence-electron chi connectivity index (χ3n) is 5.05. The summed E-state index contributed by atoms with van der Waals surface area (Å²) in [7, 11) is 0. The molecule has 7 heteroatoms. The van der Waals surface area contributed by atoms with Gasteiger partial charge in [0, 0.05) is 18.3 Å². The van der Waals surface area contributed by atoms with Crippen molar-refractivity contribution in [2.45, 2.75) is 102 Å². The molecule has 0 saturated heterocycles. The van der Waals surface area contributed by atoms with Gasteiger partial charge in [0.05, 0.1) is 6.07 Å². The Kier molecular flexibility index (Phi) is 13.5. The van der Waals surface area contributed by atoms with Crippen LogP contribution in [0.1, 0.15) is 102 Å². The molecule has 0 radical (unpaired) electrons. The van der Waals surface area contributed by atoms with E-state index in [1.54, 1.807) is 13.1 Å². The summed E-state index contributed by atoms with van der Waals surface area (Å²) in [6, 6.07) is 4.09. The minimum atomic E-state index is -0.919. The largest absolute Gasteiger partial charge is 0.481 e. The minimum Gasteiger partial charge on any atom is -0.481 e. The molecule has 0 aliphatic carbocycles. The number of aryl methyl sites for hydroxylation is 1. The van der Waals surface area contributed by atoms with Gasteiger partial charge in [-0.2, -0.15) is 5.26 Å². The van der Waals surface area contributed by atoms with Crippen LogP contribution in [0.25, 0.3) is 0 Å². The lowest BCUT2D eigenvalue weighted by Gasteiger charge is -2.19. The number of rotatable bonds is 16. The van der Waals surface area contributed by atoms with Crippen LogP contribution in [0.3, 0.4) is 0 Å². The normalized spacial score (nSPS) is 12.8. The van der Waals surface area contributed by atoms with E-state index in [1.807, 2.05) is 6.07 Å². The molecule has 1 rings (SSSR count). The van der Waals surface area contributed by atoms with Gasteiger partial charge in [-0.05, 0) is 32.3 Å². The molecule has 1 aromatic heterocycles. The molecule has 0 spiro atoms. The number of aromatic nitrogens is 2. The fourth-order valence-electron chi connectivity index (χ4n) is 3.15. The second kappa shape index (κ2) is 15.3. The van der Waals surface area contributed by atoms with Gasteiger partial charge in [-0.3, -0.25) is 4.79 Å². The molecule has 30 heavy (non-hydrogen) atoms. The van der Waals surface area contributed by atoms with Crippen molar-refractivity contribution in [2.24, 2.45) is 0 Å². The lowest BCUT2D eigenvalue weighted by molar-refractivity contribution is -0.137. The van der Waals surface area contributed by atoms with Crippen molar-refractivity contribution in [3.8, 4) is 6.07 Å². The molecule has 0 aliphatic heterocycles. The minimum absolute atomic E-state index is 0.0701. The standard InChI is InChI=1S/C23H35N3O2S2/c1-3-4-5-6-7-8-9-10-11-12-13-19-15-17-25-21(26-19)22(29)30-23(2,18-24)16-14-20(27)28/h15,17H,3-14,16H2,1-2H3,(H,27,28). The van der Waals surface area contributed by atoms with Crippen molar-refractivity contribution in [1.82, 2.24) is 9.97 Å². The first-order valence-corrected chi connectivity index (χ1v) is 12.3. The molecule has 1 heterocycles. The van der Waals surface area contributed by atoms with E-state index in [9.17, 15) is 10.1 Å². The van der Waals surface area contributed by atoms with Crippen molar-refractivity contribution in [3.63, 3.8) is 0 Å². The number of carbonyl (C=O) groups is 1. The highest BCUT2D eigenvalue weighted by atomic mass is 32.2. The van der Waals surface area contributed by atoms with Crippen molar-refractivity contribution in [3.05, 3.63) is 23.8 Å². The third kappa shape index (κ3) is 11.6. The van der Waals surface area contributed by atoms with E-state index in [0.717, 1.165) is 18.5 Å². The Morgan fingerprint density at radius 3 is 2.33 bits per heavy atom. The number of aliphatic carboxylic acids is 1. The fourth-order valence-corrected chi connectivity index (χ4v) is 4.65. The average Bonchev–Trinajstić information content (AvgIpc) is 2.74. The second-order valence-corrected chi connectivity index (χ2v) is 10.1. The van der Waals surface area contributed by atoms with Crippen LogP contribution >= 0.6 is 24.0 Å². The van der Waals surface area contributed by atoms with Crippen LogP contribution in [0.15, 0.2) is 12.3 Å². The molecule has 0 aliphatic rings. The molecule has 1 aromatic rings. The smallest absolute Gasteiger partial charge is 0.303 e. The van der Waals surface area contributed by atoms with Crippen LogP contribution < -0.4 is 0 Å². The Morgan fingerprint density at radius 1 is 1.17 bits per heavy atom. The predicted octanol–water partition coefficient (Wildman–Crippen LogP) is 6.50. The van der Waals surface area contributed by atoms with Crippen LogP contribution in [0, 0.1) is 11.3 Å². The van der Waals surface area contributed by atoms with E-state index < -0.39 is 10.7 Å². The molecule has 1 atom stereocenters. The summed E-state index contributed by atoms with van der Waals surface area (Å²) in [5.41, 5.74) is 0.965. The third-order valence-corrected chi connectivity index (χ3v) is 6.60. The quantitative estimate of drug-likeness (QED) is 0.228. The lowest BCUT2D eigenvalue weighted by Crippen LogP contribution is -2.22. The number of hydrogen-bond donors (Lipinski definition) is 1. The molecule has 0 bridgehead atoms. The Balaban J connectivity index is 2.37. The Bertz CT molecular complexity index is 706. The summed E-state index contributed by atoms with van der Waals surface area (Å²) >= 11 is 6.61. The first kappa shape index (κ1) is 26.5. The first-order valence-electron chi connectivity index (χ1n) is 11.1. The Labute approximate surface area is 191 Å². The molecule has 5 nitrogen and oxygen atoms in total. The number of unbranched alkanes of at least 4 members (excludes halogenated alkanes) is 9. The molecular formula is C23H35N3O2S2. The highest BCUT2D eigenvalue weighted by Crippen LogP contribution is 2.32.